The minimum Gasteiger partial charge on any atom is -0.384 e. The molecule has 1 rings (SSSR count). The van der Waals surface area contributed by atoms with Crippen LogP contribution in [-0.4, -0.2) is 5.11 Å². The van der Waals surface area contributed by atoms with E-state index in [0.717, 1.165) is 5.56 Å². The Morgan fingerprint density at radius 2 is 2.50 bits per heavy atom. The molecule has 1 atom stereocenters. The van der Waals surface area contributed by atoms with Crippen LogP contribution in [0.1, 0.15) is 11.7 Å². The van der Waals surface area contributed by atoms with E-state index in [1.807, 2.05) is 5.38 Å². The second kappa shape index (κ2) is 3.19. The molecule has 1 unspecified atom stereocenters. The fraction of sp³-hybridized carbons (Fsp3) is 0.143. The number of aliphatic hydroxyl groups is 1. The molecule has 0 spiro atoms. The van der Waals surface area contributed by atoms with Crippen LogP contribution < -0.4 is 0 Å². The first-order valence-electron chi connectivity index (χ1n) is 2.78. The summed E-state index contributed by atoms with van der Waals surface area (Å²) in [6, 6.07) is 1.73. The Balaban J connectivity index is 2.84. The lowest BCUT2D eigenvalue weighted by Gasteiger charge is -1.98. The van der Waals surface area contributed by atoms with Gasteiger partial charge in [0, 0.05) is 0 Å². The van der Waals surface area contributed by atoms with E-state index in [1.54, 1.807) is 6.07 Å². The van der Waals surface area contributed by atoms with Gasteiger partial charge in [-0.15, -0.1) is 17.9 Å². The Labute approximate surface area is 68.6 Å². The van der Waals surface area contributed by atoms with E-state index in [1.165, 1.54) is 17.4 Å². The predicted octanol–water partition coefficient (Wildman–Crippen LogP) is 2.62. The van der Waals surface area contributed by atoms with Crippen molar-refractivity contribution in [2.75, 3.05) is 0 Å². The van der Waals surface area contributed by atoms with Crippen molar-refractivity contribution in [1.29, 1.82) is 0 Å². The van der Waals surface area contributed by atoms with Gasteiger partial charge in [-0.3, -0.25) is 0 Å². The summed E-state index contributed by atoms with van der Waals surface area (Å²) in [5, 5.41) is 11.0. The molecule has 0 aliphatic rings. The van der Waals surface area contributed by atoms with Crippen molar-refractivity contribution in [2.24, 2.45) is 0 Å². The largest absolute Gasteiger partial charge is 0.384 e. The van der Waals surface area contributed by atoms with Crippen molar-refractivity contribution in [1.82, 2.24) is 0 Å². The van der Waals surface area contributed by atoms with Gasteiger partial charge in [0.15, 0.2) is 0 Å². The third-order valence-electron chi connectivity index (χ3n) is 1.15. The van der Waals surface area contributed by atoms with Gasteiger partial charge in [0.25, 0.3) is 0 Å². The van der Waals surface area contributed by atoms with Crippen LogP contribution >= 0.6 is 22.9 Å². The minimum atomic E-state index is -0.580. The highest BCUT2D eigenvalue weighted by Crippen LogP contribution is 2.24. The Bertz CT molecular complexity index is 231. The topological polar surface area (TPSA) is 20.2 Å². The van der Waals surface area contributed by atoms with Gasteiger partial charge >= 0.3 is 0 Å². The first kappa shape index (κ1) is 7.79. The van der Waals surface area contributed by atoms with Crippen LogP contribution in [0.15, 0.2) is 24.1 Å². The van der Waals surface area contributed by atoms with Gasteiger partial charge < -0.3 is 5.11 Å². The van der Waals surface area contributed by atoms with E-state index >= 15 is 0 Å². The Hall–Kier alpha value is -0.310. The predicted molar refractivity (Wildman–Crippen MR) is 44.5 cm³/mol. The van der Waals surface area contributed by atoms with E-state index < -0.39 is 6.10 Å². The summed E-state index contributed by atoms with van der Waals surface area (Å²) >= 11 is 7.04. The lowest BCUT2D eigenvalue weighted by Crippen LogP contribution is -1.87. The van der Waals surface area contributed by atoms with Crippen LogP contribution in [0.4, 0.5) is 0 Å². The maximum Gasteiger partial charge on any atom is 0.0977 e. The summed E-state index contributed by atoms with van der Waals surface area (Å²) in [5.41, 5.74) is 0.810. The first-order valence-corrected chi connectivity index (χ1v) is 4.04. The van der Waals surface area contributed by atoms with Gasteiger partial charge in [-0.05, 0) is 17.0 Å². The fourth-order valence-corrected chi connectivity index (χ4v) is 1.53. The third kappa shape index (κ3) is 1.59. The Morgan fingerprint density at radius 3 is 2.90 bits per heavy atom. The van der Waals surface area contributed by atoms with E-state index in [-0.39, 0.29) is 0 Å². The van der Waals surface area contributed by atoms with Gasteiger partial charge in [-0.2, -0.15) is 0 Å². The molecule has 1 heterocycles. The molecule has 54 valence electrons. The number of thiophene rings is 1. The van der Waals surface area contributed by atoms with E-state index in [9.17, 15) is 5.11 Å². The van der Waals surface area contributed by atoms with Crippen molar-refractivity contribution in [3.8, 4) is 0 Å². The van der Waals surface area contributed by atoms with Crippen LogP contribution in [0.2, 0.25) is 4.34 Å². The third-order valence-corrected chi connectivity index (χ3v) is 2.26. The summed E-state index contributed by atoms with van der Waals surface area (Å²) in [7, 11) is 0. The van der Waals surface area contributed by atoms with Gasteiger partial charge in [-0.1, -0.05) is 17.7 Å². The number of halogens is 1. The summed E-state index contributed by atoms with van der Waals surface area (Å²) in [5.74, 6) is 0. The Kier molecular flexibility index (Phi) is 2.49. The molecule has 1 aromatic rings. The van der Waals surface area contributed by atoms with Crippen molar-refractivity contribution in [3.05, 3.63) is 34.0 Å². The molecule has 0 aliphatic carbocycles. The van der Waals surface area contributed by atoms with E-state index in [4.69, 9.17) is 11.6 Å². The van der Waals surface area contributed by atoms with Crippen molar-refractivity contribution >= 4 is 22.9 Å². The van der Waals surface area contributed by atoms with Gasteiger partial charge in [0.1, 0.15) is 0 Å². The summed E-state index contributed by atoms with van der Waals surface area (Å²) in [6.45, 7) is 3.46. The number of aliphatic hydroxyl groups excluding tert-OH is 1. The fourth-order valence-electron chi connectivity index (χ4n) is 0.615. The monoisotopic (exact) mass is 174 g/mol. The zero-order chi connectivity index (χ0) is 7.56. The highest BCUT2D eigenvalue weighted by molar-refractivity contribution is 7.14. The molecule has 0 fully saturated rings. The second-order valence-corrected chi connectivity index (χ2v) is 3.41. The number of hydrogen-bond acceptors (Lipinski definition) is 2. The van der Waals surface area contributed by atoms with Crippen molar-refractivity contribution < 1.29 is 5.11 Å². The zero-order valence-electron chi connectivity index (χ0n) is 5.25. The van der Waals surface area contributed by atoms with Crippen molar-refractivity contribution in [2.45, 2.75) is 6.10 Å². The molecule has 0 saturated carbocycles. The summed E-state index contributed by atoms with van der Waals surface area (Å²) < 4.78 is 0.691. The molecule has 1 N–H and O–H groups in total. The maximum atomic E-state index is 9.17. The van der Waals surface area contributed by atoms with Crippen LogP contribution in [0.3, 0.4) is 0 Å². The molecule has 1 nitrogen and oxygen atoms in total. The molecular weight excluding hydrogens is 168 g/mol. The van der Waals surface area contributed by atoms with Crippen LogP contribution in [0.25, 0.3) is 0 Å². The highest BCUT2D eigenvalue weighted by atomic mass is 35.5. The minimum absolute atomic E-state index is 0.580. The average Bonchev–Trinajstić information content (AvgIpc) is 2.34. The summed E-state index contributed by atoms with van der Waals surface area (Å²) in [4.78, 5) is 0. The number of hydrogen-bond donors (Lipinski definition) is 1. The molecule has 0 bridgehead atoms. The first-order chi connectivity index (χ1) is 4.74. The van der Waals surface area contributed by atoms with E-state index in [2.05, 4.69) is 6.58 Å². The SMILES string of the molecule is C=CC(O)c1csc(Cl)c1. The lowest BCUT2D eigenvalue weighted by molar-refractivity contribution is 0.229. The van der Waals surface area contributed by atoms with Gasteiger partial charge in [-0.25, -0.2) is 0 Å². The molecule has 0 radical (unpaired) electrons. The standard InChI is InChI=1S/C7H7ClOS/c1-2-6(9)5-3-7(8)10-4-5/h2-4,6,9H,1H2. The normalized spacial score (nSPS) is 13.0. The molecule has 3 heteroatoms. The van der Waals surface area contributed by atoms with Crippen LogP contribution in [0.5, 0.6) is 0 Å². The molecule has 0 amide bonds. The molecule has 0 aromatic carbocycles. The quantitative estimate of drug-likeness (QED) is 0.684. The zero-order valence-corrected chi connectivity index (χ0v) is 6.82. The highest BCUT2D eigenvalue weighted by Gasteiger charge is 2.03. The Morgan fingerprint density at radius 1 is 1.80 bits per heavy atom. The molecular formula is C7H7ClOS. The molecule has 0 aliphatic heterocycles. The van der Waals surface area contributed by atoms with Crippen LogP contribution in [0, 0.1) is 0 Å². The number of rotatable bonds is 2. The van der Waals surface area contributed by atoms with Gasteiger partial charge in [0.05, 0.1) is 10.4 Å². The lowest BCUT2D eigenvalue weighted by atomic mass is 10.2. The van der Waals surface area contributed by atoms with E-state index in [0.29, 0.717) is 4.34 Å². The van der Waals surface area contributed by atoms with Gasteiger partial charge in [0.2, 0.25) is 0 Å². The summed E-state index contributed by atoms with van der Waals surface area (Å²) in [6.07, 6.45) is 0.891. The average molecular weight is 175 g/mol. The second-order valence-electron chi connectivity index (χ2n) is 1.86. The van der Waals surface area contributed by atoms with Crippen LogP contribution in [-0.2, 0) is 0 Å². The molecule has 10 heavy (non-hydrogen) atoms. The molecule has 0 saturated heterocycles. The molecule has 1 aromatic heterocycles. The van der Waals surface area contributed by atoms with Crippen molar-refractivity contribution in [3.63, 3.8) is 0 Å². The smallest absolute Gasteiger partial charge is 0.0977 e. The maximum absolute atomic E-state index is 9.17.